The van der Waals surface area contributed by atoms with Crippen LogP contribution in [0.3, 0.4) is 0 Å². The van der Waals surface area contributed by atoms with Gasteiger partial charge in [0.25, 0.3) is 0 Å². The third-order valence-corrected chi connectivity index (χ3v) is 5.83. The summed E-state index contributed by atoms with van der Waals surface area (Å²) >= 11 is 4.89. The smallest absolute Gasteiger partial charge is 0.240 e. The fraction of sp³-hybridized carbons (Fsp3) is 0.500. The summed E-state index contributed by atoms with van der Waals surface area (Å²) in [5.41, 5.74) is 6.48. The molecule has 21 heavy (non-hydrogen) atoms. The molecule has 116 valence electrons. The Labute approximate surface area is 130 Å². The van der Waals surface area contributed by atoms with E-state index >= 15 is 0 Å². The van der Waals surface area contributed by atoms with E-state index in [4.69, 9.17) is 22.7 Å². The van der Waals surface area contributed by atoms with Crippen molar-refractivity contribution in [2.45, 2.75) is 36.7 Å². The van der Waals surface area contributed by atoms with Crippen LogP contribution in [-0.4, -0.2) is 32.7 Å². The van der Waals surface area contributed by atoms with Gasteiger partial charge in [-0.25, -0.2) is 13.1 Å². The molecule has 1 aliphatic carbocycles. The molecule has 1 saturated carbocycles. The molecule has 0 saturated heterocycles. The molecule has 5 nitrogen and oxygen atoms in total. The van der Waals surface area contributed by atoms with Crippen LogP contribution < -0.4 is 10.5 Å². The molecular formula is C14H20N2O3S2. The molecule has 1 aliphatic rings. The van der Waals surface area contributed by atoms with Gasteiger partial charge >= 0.3 is 0 Å². The molecule has 0 aliphatic heterocycles. The Hall–Kier alpha value is -1.02. The SMILES string of the molecule is COC1(CNS(=O)(=O)c2ccc(C(N)=S)cc2C)CCC1. The number of sulfonamides is 1. The zero-order valence-corrected chi connectivity index (χ0v) is 13.8. The average Bonchev–Trinajstić information content (AvgIpc) is 2.37. The normalized spacial score (nSPS) is 17.2. The van der Waals surface area contributed by atoms with Gasteiger partial charge in [-0.1, -0.05) is 18.3 Å². The first-order chi connectivity index (χ1) is 9.80. The highest BCUT2D eigenvalue weighted by atomic mass is 32.2. The maximum absolute atomic E-state index is 12.4. The van der Waals surface area contributed by atoms with Crippen molar-refractivity contribution in [3.05, 3.63) is 29.3 Å². The number of methoxy groups -OCH3 is 1. The van der Waals surface area contributed by atoms with Gasteiger partial charge in [0.15, 0.2) is 0 Å². The van der Waals surface area contributed by atoms with Crippen LogP contribution in [-0.2, 0) is 14.8 Å². The van der Waals surface area contributed by atoms with Crippen molar-refractivity contribution in [1.82, 2.24) is 4.72 Å². The predicted molar refractivity (Wildman–Crippen MR) is 85.8 cm³/mol. The van der Waals surface area contributed by atoms with Crippen molar-refractivity contribution >= 4 is 27.2 Å². The first-order valence-corrected chi connectivity index (χ1v) is 8.64. The zero-order chi connectivity index (χ0) is 15.7. The van der Waals surface area contributed by atoms with Gasteiger partial charge < -0.3 is 10.5 Å². The van der Waals surface area contributed by atoms with Gasteiger partial charge in [-0.15, -0.1) is 0 Å². The molecule has 2 rings (SSSR count). The fourth-order valence-corrected chi connectivity index (χ4v) is 3.90. The highest BCUT2D eigenvalue weighted by Crippen LogP contribution is 2.34. The minimum absolute atomic E-state index is 0.244. The predicted octanol–water partition coefficient (Wildman–Crippen LogP) is 1.48. The highest BCUT2D eigenvalue weighted by Gasteiger charge is 2.38. The molecule has 0 bridgehead atoms. The zero-order valence-electron chi connectivity index (χ0n) is 12.2. The molecule has 7 heteroatoms. The minimum atomic E-state index is -3.57. The van der Waals surface area contributed by atoms with Gasteiger partial charge in [-0.05, 0) is 43.9 Å². The van der Waals surface area contributed by atoms with E-state index in [1.807, 2.05) is 0 Å². The summed E-state index contributed by atoms with van der Waals surface area (Å²) < 4.78 is 32.9. The molecular weight excluding hydrogens is 308 g/mol. The Morgan fingerprint density at radius 1 is 1.48 bits per heavy atom. The van der Waals surface area contributed by atoms with E-state index < -0.39 is 10.0 Å². The lowest BCUT2D eigenvalue weighted by atomic mass is 9.80. The highest BCUT2D eigenvalue weighted by molar-refractivity contribution is 7.89. The number of nitrogens with two attached hydrogens (primary N) is 1. The number of rotatable bonds is 6. The number of nitrogens with one attached hydrogen (secondary N) is 1. The van der Waals surface area contributed by atoms with Crippen molar-refractivity contribution in [2.24, 2.45) is 5.73 Å². The summed E-state index contributed by atoms with van der Waals surface area (Å²) in [4.78, 5) is 0.496. The minimum Gasteiger partial charge on any atom is -0.389 e. The van der Waals surface area contributed by atoms with Crippen LogP contribution in [0.2, 0.25) is 0 Å². The van der Waals surface area contributed by atoms with E-state index in [2.05, 4.69) is 4.72 Å². The van der Waals surface area contributed by atoms with Crippen LogP contribution in [0.4, 0.5) is 0 Å². The molecule has 0 radical (unpaired) electrons. The second-order valence-corrected chi connectivity index (χ2v) is 7.58. The molecule has 1 aromatic carbocycles. The molecule has 0 unspecified atom stereocenters. The van der Waals surface area contributed by atoms with Gasteiger partial charge in [0.05, 0.1) is 10.5 Å². The number of aryl methyl sites for hydroxylation is 1. The summed E-state index contributed by atoms with van der Waals surface area (Å²) in [7, 11) is -1.95. The Balaban J connectivity index is 2.18. The van der Waals surface area contributed by atoms with Crippen molar-refractivity contribution in [3.63, 3.8) is 0 Å². The summed E-state index contributed by atoms with van der Waals surface area (Å²) in [5, 5.41) is 0. The lowest BCUT2D eigenvalue weighted by Crippen LogP contribution is -2.49. The van der Waals surface area contributed by atoms with Gasteiger partial charge in [0, 0.05) is 19.2 Å². The summed E-state index contributed by atoms with van der Waals surface area (Å²) in [6.45, 7) is 2.02. The Morgan fingerprint density at radius 2 is 2.14 bits per heavy atom. The monoisotopic (exact) mass is 328 g/mol. The van der Waals surface area contributed by atoms with Crippen molar-refractivity contribution in [2.75, 3.05) is 13.7 Å². The Bertz CT molecular complexity index is 647. The number of thiocarbonyl (C=S) groups is 1. The van der Waals surface area contributed by atoms with Crippen LogP contribution >= 0.6 is 12.2 Å². The van der Waals surface area contributed by atoms with Crippen LogP contribution in [0.15, 0.2) is 23.1 Å². The molecule has 0 atom stereocenters. The van der Waals surface area contributed by atoms with E-state index in [1.165, 1.54) is 6.07 Å². The van der Waals surface area contributed by atoms with E-state index in [9.17, 15) is 8.42 Å². The molecule has 0 heterocycles. The summed E-state index contributed by atoms with van der Waals surface area (Å²) in [6.07, 6.45) is 2.83. The average molecular weight is 328 g/mol. The quantitative estimate of drug-likeness (QED) is 0.773. The lowest BCUT2D eigenvalue weighted by Gasteiger charge is -2.40. The third kappa shape index (κ3) is 3.42. The van der Waals surface area contributed by atoms with Gasteiger partial charge in [-0.3, -0.25) is 0 Å². The maximum atomic E-state index is 12.4. The standard InChI is InChI=1S/C14H20N2O3S2/c1-10-8-11(13(15)20)4-5-12(10)21(17,18)16-9-14(19-2)6-3-7-14/h4-5,8,16H,3,6-7,9H2,1-2H3,(H2,15,20). The number of hydrogen-bond donors (Lipinski definition) is 2. The van der Waals surface area contributed by atoms with E-state index in [0.717, 1.165) is 19.3 Å². The van der Waals surface area contributed by atoms with Crippen LogP contribution in [0.1, 0.15) is 30.4 Å². The second kappa shape index (κ2) is 6.00. The number of benzene rings is 1. The van der Waals surface area contributed by atoms with E-state index in [1.54, 1.807) is 26.2 Å². The molecule has 1 fully saturated rings. The molecule has 0 aromatic heterocycles. The van der Waals surface area contributed by atoms with Crippen molar-refractivity contribution < 1.29 is 13.2 Å². The van der Waals surface area contributed by atoms with Crippen molar-refractivity contribution in [1.29, 1.82) is 0 Å². The maximum Gasteiger partial charge on any atom is 0.240 e. The Morgan fingerprint density at radius 3 is 2.57 bits per heavy atom. The van der Waals surface area contributed by atoms with Gasteiger partial charge in [0.2, 0.25) is 10.0 Å². The van der Waals surface area contributed by atoms with Crippen molar-refractivity contribution in [3.8, 4) is 0 Å². The summed E-state index contributed by atoms with van der Waals surface area (Å²) in [5.74, 6) is 0. The Kier molecular flexibility index (Phi) is 4.67. The second-order valence-electron chi connectivity index (χ2n) is 5.41. The fourth-order valence-electron chi connectivity index (χ4n) is 2.43. The first kappa shape index (κ1) is 16.4. The first-order valence-electron chi connectivity index (χ1n) is 6.75. The largest absolute Gasteiger partial charge is 0.389 e. The van der Waals surface area contributed by atoms with Crippen LogP contribution in [0, 0.1) is 6.92 Å². The molecule has 1 aromatic rings. The van der Waals surface area contributed by atoms with Crippen LogP contribution in [0.5, 0.6) is 0 Å². The molecule has 0 spiro atoms. The van der Waals surface area contributed by atoms with Crippen LogP contribution in [0.25, 0.3) is 0 Å². The number of hydrogen-bond acceptors (Lipinski definition) is 4. The topological polar surface area (TPSA) is 81.4 Å². The third-order valence-electron chi connectivity index (χ3n) is 4.03. The molecule has 3 N–H and O–H groups in total. The summed E-state index contributed by atoms with van der Waals surface area (Å²) in [6, 6.07) is 4.85. The van der Waals surface area contributed by atoms with Gasteiger partial charge in [0.1, 0.15) is 4.99 Å². The lowest BCUT2D eigenvalue weighted by molar-refractivity contribution is -0.0659. The number of ether oxygens (including phenoxy) is 1. The van der Waals surface area contributed by atoms with E-state index in [0.29, 0.717) is 17.7 Å². The molecule has 0 amide bonds. The van der Waals surface area contributed by atoms with Gasteiger partial charge in [-0.2, -0.15) is 0 Å². The van der Waals surface area contributed by atoms with E-state index in [-0.39, 0.29) is 15.5 Å².